The van der Waals surface area contributed by atoms with E-state index in [2.05, 4.69) is 5.32 Å². The van der Waals surface area contributed by atoms with E-state index >= 15 is 0 Å². The van der Waals surface area contributed by atoms with E-state index in [1.165, 1.54) is 0 Å². The van der Waals surface area contributed by atoms with E-state index < -0.39 is 43.2 Å². The maximum absolute atomic E-state index is 13.7. The van der Waals surface area contributed by atoms with E-state index in [1.54, 1.807) is 0 Å². The van der Waals surface area contributed by atoms with Crippen LogP contribution in [0.5, 0.6) is 0 Å². The van der Waals surface area contributed by atoms with E-state index in [1.807, 2.05) is 0 Å². The Balaban J connectivity index is 2.15. The molecule has 4 atom stereocenters. The molecule has 2 aliphatic rings. The summed E-state index contributed by atoms with van der Waals surface area (Å²) in [6.07, 6.45) is -6.57. The van der Waals surface area contributed by atoms with Gasteiger partial charge in [-0.2, -0.15) is 8.78 Å². The Hall–Kier alpha value is -1.03. The number of alkyl halides is 2. The van der Waals surface area contributed by atoms with Gasteiger partial charge in [-0.25, -0.2) is 4.79 Å². The van der Waals surface area contributed by atoms with Gasteiger partial charge in [0.25, 0.3) is 0 Å². The number of ether oxygens (including phenoxy) is 1. The van der Waals surface area contributed by atoms with Crippen LogP contribution >= 0.6 is 0 Å². The van der Waals surface area contributed by atoms with Gasteiger partial charge in [0, 0.05) is 13.0 Å². The highest BCUT2D eigenvalue weighted by Gasteiger charge is 2.61. The molecule has 2 saturated heterocycles. The average molecular weight is 268 g/mol. The summed E-state index contributed by atoms with van der Waals surface area (Å²) in [5, 5.41) is 29.3. The SMILES string of the molecule is O=C1NC(O)CCN1[C@@H]1O[C@H](CO)[C@@H](O)C1(F)F. The number of aliphatic hydroxyl groups is 3. The van der Waals surface area contributed by atoms with Gasteiger partial charge in [0.2, 0.25) is 6.23 Å². The summed E-state index contributed by atoms with van der Waals surface area (Å²) in [7, 11) is 0. The van der Waals surface area contributed by atoms with E-state index in [4.69, 9.17) is 14.9 Å². The molecule has 0 bridgehead atoms. The van der Waals surface area contributed by atoms with E-state index in [-0.39, 0.29) is 13.0 Å². The first-order chi connectivity index (χ1) is 8.37. The molecular weight excluding hydrogens is 254 g/mol. The van der Waals surface area contributed by atoms with Gasteiger partial charge in [-0.3, -0.25) is 4.90 Å². The lowest BCUT2D eigenvalue weighted by Crippen LogP contribution is -2.59. The highest BCUT2D eigenvalue weighted by atomic mass is 19.3. The van der Waals surface area contributed by atoms with Crippen molar-refractivity contribution in [3.63, 3.8) is 0 Å². The van der Waals surface area contributed by atoms with E-state index in [0.29, 0.717) is 4.90 Å². The first-order valence-corrected chi connectivity index (χ1v) is 5.45. The van der Waals surface area contributed by atoms with Gasteiger partial charge in [0.05, 0.1) is 6.61 Å². The molecule has 7 nitrogen and oxygen atoms in total. The lowest BCUT2D eigenvalue weighted by molar-refractivity contribution is -0.159. The van der Waals surface area contributed by atoms with E-state index in [0.717, 1.165) is 0 Å². The smallest absolute Gasteiger partial charge is 0.321 e. The van der Waals surface area contributed by atoms with Crippen molar-refractivity contribution in [3.8, 4) is 0 Å². The van der Waals surface area contributed by atoms with Crippen molar-refractivity contribution in [1.82, 2.24) is 10.2 Å². The fraction of sp³-hybridized carbons (Fsp3) is 0.889. The molecule has 0 aliphatic carbocycles. The van der Waals surface area contributed by atoms with Crippen molar-refractivity contribution >= 4 is 6.03 Å². The van der Waals surface area contributed by atoms with Gasteiger partial charge in [0.15, 0.2) is 6.10 Å². The predicted octanol–water partition coefficient (Wildman–Crippen LogP) is -1.57. The lowest BCUT2D eigenvalue weighted by atomic mass is 10.1. The van der Waals surface area contributed by atoms with Crippen molar-refractivity contribution in [1.29, 1.82) is 0 Å². The first-order valence-electron chi connectivity index (χ1n) is 5.45. The molecule has 0 aromatic rings. The number of nitrogens with one attached hydrogen (secondary N) is 1. The van der Waals surface area contributed by atoms with Crippen LogP contribution in [-0.2, 0) is 4.74 Å². The number of aliphatic hydroxyl groups excluding tert-OH is 3. The number of rotatable bonds is 2. The number of carbonyl (C=O) groups excluding carboxylic acids is 1. The van der Waals surface area contributed by atoms with Crippen LogP contribution in [0.15, 0.2) is 0 Å². The third-order valence-corrected chi connectivity index (χ3v) is 3.04. The zero-order valence-electron chi connectivity index (χ0n) is 9.29. The molecule has 1 unspecified atom stereocenters. The monoisotopic (exact) mass is 268 g/mol. The zero-order valence-corrected chi connectivity index (χ0v) is 9.29. The molecular formula is C9H14F2N2O5. The summed E-state index contributed by atoms with van der Waals surface area (Å²) in [4.78, 5) is 12.2. The molecule has 9 heteroatoms. The van der Waals surface area contributed by atoms with Gasteiger partial charge in [-0.05, 0) is 0 Å². The van der Waals surface area contributed by atoms with Gasteiger partial charge in [-0.15, -0.1) is 0 Å². The third-order valence-electron chi connectivity index (χ3n) is 3.04. The minimum absolute atomic E-state index is 0.0710. The van der Waals surface area contributed by atoms with Crippen molar-refractivity contribution in [2.24, 2.45) is 0 Å². The molecule has 0 aromatic heterocycles. The summed E-state index contributed by atoms with van der Waals surface area (Å²) in [5.41, 5.74) is 0. The summed E-state index contributed by atoms with van der Waals surface area (Å²) in [5.74, 6) is -3.67. The molecule has 4 N–H and O–H groups in total. The molecule has 0 aromatic carbocycles. The first kappa shape index (κ1) is 13.4. The molecule has 2 rings (SSSR count). The molecule has 18 heavy (non-hydrogen) atoms. The normalized spacial score (nSPS) is 39.8. The molecule has 2 amide bonds. The van der Waals surface area contributed by atoms with Crippen molar-refractivity contribution in [3.05, 3.63) is 0 Å². The molecule has 0 spiro atoms. The minimum atomic E-state index is -3.67. The lowest BCUT2D eigenvalue weighted by Gasteiger charge is -2.36. The van der Waals surface area contributed by atoms with Crippen molar-refractivity contribution < 1.29 is 33.6 Å². The Labute approximate surface area is 101 Å². The minimum Gasteiger partial charge on any atom is -0.394 e. The largest absolute Gasteiger partial charge is 0.394 e. The number of hydrogen-bond donors (Lipinski definition) is 4. The number of hydrogen-bond acceptors (Lipinski definition) is 5. The van der Waals surface area contributed by atoms with Crippen molar-refractivity contribution in [2.75, 3.05) is 13.2 Å². The molecule has 104 valence electrons. The molecule has 0 saturated carbocycles. The number of nitrogens with zero attached hydrogens (tertiary/aromatic N) is 1. The molecule has 2 heterocycles. The fourth-order valence-electron chi connectivity index (χ4n) is 2.03. The van der Waals surface area contributed by atoms with Crippen LogP contribution in [0.25, 0.3) is 0 Å². The second kappa shape index (κ2) is 4.57. The van der Waals surface area contributed by atoms with Crippen LogP contribution in [0.1, 0.15) is 6.42 Å². The predicted molar refractivity (Wildman–Crippen MR) is 52.6 cm³/mol. The van der Waals surface area contributed by atoms with Gasteiger partial charge in [-0.1, -0.05) is 0 Å². The number of amides is 2. The van der Waals surface area contributed by atoms with Crippen LogP contribution in [0.3, 0.4) is 0 Å². The van der Waals surface area contributed by atoms with E-state index in [9.17, 15) is 18.7 Å². The van der Waals surface area contributed by atoms with Crippen LogP contribution < -0.4 is 5.32 Å². The topological polar surface area (TPSA) is 102 Å². The van der Waals surface area contributed by atoms with Gasteiger partial charge in [0.1, 0.15) is 12.3 Å². The maximum Gasteiger partial charge on any atom is 0.321 e. The highest BCUT2D eigenvalue weighted by Crippen LogP contribution is 2.38. The Kier molecular flexibility index (Phi) is 3.41. The van der Waals surface area contributed by atoms with Crippen LogP contribution in [0, 0.1) is 0 Å². The fourth-order valence-corrected chi connectivity index (χ4v) is 2.03. The Morgan fingerprint density at radius 3 is 2.67 bits per heavy atom. The third kappa shape index (κ3) is 2.03. The Morgan fingerprint density at radius 1 is 1.50 bits per heavy atom. The van der Waals surface area contributed by atoms with Crippen LogP contribution in [0.2, 0.25) is 0 Å². The number of urea groups is 1. The quantitative estimate of drug-likeness (QED) is 0.485. The standard InChI is InChI=1S/C9H14F2N2O5/c10-9(11)6(16)4(3-14)18-7(9)13-2-1-5(15)12-8(13)17/h4-7,14-16H,1-3H2,(H,12,17)/t4-,5?,6-,7-/m1/s1. The summed E-state index contributed by atoms with van der Waals surface area (Å²) in [6, 6.07) is -0.899. The number of halogens is 2. The average Bonchev–Trinajstić information content (AvgIpc) is 2.52. The Morgan fingerprint density at radius 2 is 2.17 bits per heavy atom. The zero-order chi connectivity index (χ0) is 13.5. The second-order valence-electron chi connectivity index (χ2n) is 4.28. The second-order valence-corrected chi connectivity index (χ2v) is 4.28. The Bertz CT molecular complexity index is 343. The maximum atomic E-state index is 13.7. The number of carbonyl (C=O) groups is 1. The van der Waals surface area contributed by atoms with Gasteiger partial charge < -0.3 is 25.4 Å². The molecule has 2 fully saturated rings. The molecule has 2 aliphatic heterocycles. The van der Waals surface area contributed by atoms with Crippen LogP contribution in [-0.4, -0.2) is 70.0 Å². The summed E-state index contributed by atoms with van der Waals surface area (Å²) >= 11 is 0. The summed E-state index contributed by atoms with van der Waals surface area (Å²) < 4.78 is 32.3. The highest BCUT2D eigenvalue weighted by molar-refractivity contribution is 5.75. The van der Waals surface area contributed by atoms with Crippen LogP contribution in [0.4, 0.5) is 13.6 Å². The summed E-state index contributed by atoms with van der Waals surface area (Å²) in [6.45, 7) is -0.899. The van der Waals surface area contributed by atoms with Crippen molar-refractivity contribution in [2.45, 2.75) is 37.0 Å². The molecule has 0 radical (unpaired) electrons. The van der Waals surface area contributed by atoms with Gasteiger partial charge >= 0.3 is 12.0 Å².